The first-order valence-electron chi connectivity index (χ1n) is 5.29. The molecule has 0 saturated heterocycles. The van der Waals surface area contributed by atoms with Crippen LogP contribution in [0.3, 0.4) is 0 Å². The number of hydrogen-bond donors (Lipinski definition) is 1. The molecular weight excluding hydrogens is 204 g/mol. The first-order chi connectivity index (χ1) is 7.88. The lowest BCUT2D eigenvalue weighted by Gasteiger charge is -1.93. The molecule has 5 nitrogen and oxygen atoms in total. The van der Waals surface area contributed by atoms with Crippen molar-refractivity contribution in [2.45, 2.75) is 19.3 Å². The molecule has 5 heteroatoms. The summed E-state index contributed by atoms with van der Waals surface area (Å²) in [5, 5.41) is 3.92. The number of nitrogens with two attached hydrogens (primary N) is 1. The monoisotopic (exact) mass is 218 g/mol. The van der Waals surface area contributed by atoms with Crippen molar-refractivity contribution in [2.75, 3.05) is 6.54 Å². The Morgan fingerprint density at radius 2 is 2.06 bits per heavy atom. The average Bonchev–Trinajstić information content (AvgIpc) is 2.75. The van der Waals surface area contributed by atoms with Crippen LogP contribution in [0.5, 0.6) is 0 Å². The van der Waals surface area contributed by atoms with E-state index in [4.69, 9.17) is 10.3 Å². The highest BCUT2D eigenvalue weighted by atomic mass is 16.5. The van der Waals surface area contributed by atoms with Crippen LogP contribution in [0, 0.1) is 0 Å². The minimum Gasteiger partial charge on any atom is -0.339 e. The second-order valence-corrected chi connectivity index (χ2v) is 3.53. The smallest absolute Gasteiger partial charge is 0.226 e. The van der Waals surface area contributed by atoms with E-state index in [9.17, 15) is 0 Å². The molecule has 0 aromatic carbocycles. The average molecular weight is 218 g/mol. The fourth-order valence-corrected chi connectivity index (χ4v) is 1.40. The van der Waals surface area contributed by atoms with E-state index in [1.165, 1.54) is 0 Å². The Morgan fingerprint density at radius 3 is 2.81 bits per heavy atom. The van der Waals surface area contributed by atoms with Crippen LogP contribution in [0.2, 0.25) is 0 Å². The number of rotatable bonds is 5. The lowest BCUT2D eigenvalue weighted by molar-refractivity contribution is 0.371. The van der Waals surface area contributed by atoms with E-state index in [0.717, 1.165) is 18.4 Å². The molecule has 0 amide bonds. The molecule has 2 heterocycles. The van der Waals surface area contributed by atoms with E-state index in [2.05, 4.69) is 15.1 Å². The van der Waals surface area contributed by atoms with Crippen LogP contribution < -0.4 is 5.73 Å². The van der Waals surface area contributed by atoms with Gasteiger partial charge in [0.2, 0.25) is 5.89 Å². The van der Waals surface area contributed by atoms with Crippen molar-refractivity contribution in [1.82, 2.24) is 15.1 Å². The number of aryl methyl sites for hydroxylation is 1. The lowest BCUT2D eigenvalue weighted by Crippen LogP contribution is -2.00. The number of pyridine rings is 1. The first-order valence-corrected chi connectivity index (χ1v) is 5.29. The molecule has 0 fully saturated rings. The van der Waals surface area contributed by atoms with Gasteiger partial charge < -0.3 is 10.3 Å². The van der Waals surface area contributed by atoms with Gasteiger partial charge in [0.25, 0.3) is 0 Å². The highest BCUT2D eigenvalue weighted by Gasteiger charge is 2.06. The van der Waals surface area contributed by atoms with Gasteiger partial charge in [-0.25, -0.2) is 0 Å². The summed E-state index contributed by atoms with van der Waals surface area (Å²) in [7, 11) is 0. The van der Waals surface area contributed by atoms with Crippen LogP contribution in [0.15, 0.2) is 29.0 Å². The molecule has 0 aliphatic heterocycles. The van der Waals surface area contributed by atoms with Gasteiger partial charge in [-0.1, -0.05) is 5.16 Å². The summed E-state index contributed by atoms with van der Waals surface area (Å²) in [5.74, 6) is 1.37. The van der Waals surface area contributed by atoms with E-state index in [1.54, 1.807) is 12.4 Å². The van der Waals surface area contributed by atoms with Crippen LogP contribution in [-0.4, -0.2) is 21.7 Å². The zero-order valence-electron chi connectivity index (χ0n) is 8.97. The Balaban J connectivity index is 1.97. The van der Waals surface area contributed by atoms with Crippen LogP contribution in [-0.2, 0) is 12.8 Å². The second-order valence-electron chi connectivity index (χ2n) is 3.53. The molecule has 0 radical (unpaired) electrons. The Morgan fingerprint density at radius 1 is 1.25 bits per heavy atom. The molecule has 0 saturated carbocycles. The quantitative estimate of drug-likeness (QED) is 0.808. The molecule has 0 atom stereocenters. The van der Waals surface area contributed by atoms with Gasteiger partial charge in [0.1, 0.15) is 0 Å². The van der Waals surface area contributed by atoms with Crippen molar-refractivity contribution in [3.63, 3.8) is 0 Å². The predicted molar refractivity (Wildman–Crippen MR) is 58.7 cm³/mol. The van der Waals surface area contributed by atoms with Gasteiger partial charge in [0.15, 0.2) is 5.82 Å². The number of aromatic nitrogens is 3. The molecular formula is C11H14N4O. The van der Waals surface area contributed by atoms with E-state index in [0.29, 0.717) is 24.7 Å². The highest BCUT2D eigenvalue weighted by Crippen LogP contribution is 2.06. The Kier molecular flexibility index (Phi) is 3.61. The van der Waals surface area contributed by atoms with Crippen molar-refractivity contribution in [2.24, 2.45) is 5.73 Å². The van der Waals surface area contributed by atoms with E-state index >= 15 is 0 Å². The predicted octanol–water partition coefficient (Wildman–Crippen LogP) is 0.947. The molecule has 16 heavy (non-hydrogen) atoms. The summed E-state index contributed by atoms with van der Waals surface area (Å²) in [6, 6.07) is 3.88. The van der Waals surface area contributed by atoms with Gasteiger partial charge in [0.05, 0.1) is 0 Å². The molecule has 2 N–H and O–H groups in total. The maximum Gasteiger partial charge on any atom is 0.226 e. The van der Waals surface area contributed by atoms with Crippen molar-refractivity contribution in [3.05, 3.63) is 41.8 Å². The Labute approximate surface area is 93.7 Å². The third-order valence-corrected chi connectivity index (χ3v) is 2.22. The molecule has 84 valence electrons. The highest BCUT2D eigenvalue weighted by molar-refractivity contribution is 5.14. The molecule has 2 rings (SSSR count). The van der Waals surface area contributed by atoms with Crippen LogP contribution >= 0.6 is 0 Å². The summed E-state index contributed by atoms with van der Waals surface area (Å²) >= 11 is 0. The van der Waals surface area contributed by atoms with Crippen LogP contribution in [0.25, 0.3) is 0 Å². The Bertz CT molecular complexity index is 427. The van der Waals surface area contributed by atoms with Gasteiger partial charge >= 0.3 is 0 Å². The van der Waals surface area contributed by atoms with E-state index < -0.39 is 0 Å². The standard InChI is InChI=1S/C11H14N4O/c12-5-1-2-11-14-10(15-16-11)8-9-3-6-13-7-4-9/h3-4,6-7H,1-2,5,8,12H2. The summed E-state index contributed by atoms with van der Waals surface area (Å²) in [6.45, 7) is 0.641. The van der Waals surface area contributed by atoms with Crippen molar-refractivity contribution >= 4 is 0 Å². The largest absolute Gasteiger partial charge is 0.339 e. The maximum absolute atomic E-state index is 5.41. The van der Waals surface area contributed by atoms with E-state index in [1.807, 2.05) is 12.1 Å². The molecule has 2 aromatic heterocycles. The van der Waals surface area contributed by atoms with Crippen molar-refractivity contribution < 1.29 is 4.52 Å². The van der Waals surface area contributed by atoms with Gasteiger partial charge in [-0.15, -0.1) is 0 Å². The zero-order valence-corrected chi connectivity index (χ0v) is 8.97. The number of nitrogens with zero attached hydrogens (tertiary/aromatic N) is 3. The lowest BCUT2D eigenvalue weighted by atomic mass is 10.2. The van der Waals surface area contributed by atoms with E-state index in [-0.39, 0.29) is 0 Å². The third-order valence-electron chi connectivity index (χ3n) is 2.22. The molecule has 0 bridgehead atoms. The zero-order chi connectivity index (χ0) is 11.2. The fraction of sp³-hybridized carbons (Fsp3) is 0.364. The topological polar surface area (TPSA) is 77.8 Å². The summed E-state index contributed by atoms with van der Waals surface area (Å²) in [6.07, 6.45) is 5.81. The maximum atomic E-state index is 5.41. The summed E-state index contributed by atoms with van der Waals surface area (Å²) in [5.41, 5.74) is 6.54. The molecule has 2 aromatic rings. The van der Waals surface area contributed by atoms with Crippen molar-refractivity contribution in [3.8, 4) is 0 Å². The van der Waals surface area contributed by atoms with Crippen LogP contribution in [0.4, 0.5) is 0 Å². The second kappa shape index (κ2) is 5.37. The molecule has 0 aliphatic rings. The summed E-state index contributed by atoms with van der Waals surface area (Å²) in [4.78, 5) is 8.24. The third kappa shape index (κ3) is 2.87. The van der Waals surface area contributed by atoms with Crippen LogP contribution in [0.1, 0.15) is 23.7 Å². The summed E-state index contributed by atoms with van der Waals surface area (Å²) < 4.78 is 5.11. The molecule has 0 aliphatic carbocycles. The van der Waals surface area contributed by atoms with Gasteiger partial charge in [-0.05, 0) is 30.7 Å². The normalized spacial score (nSPS) is 10.6. The minimum absolute atomic E-state index is 0.641. The first kappa shape index (κ1) is 10.8. The SMILES string of the molecule is NCCCc1nc(Cc2ccncc2)no1. The van der Waals surface area contributed by atoms with Gasteiger partial charge in [-0.3, -0.25) is 4.98 Å². The van der Waals surface area contributed by atoms with Crippen molar-refractivity contribution in [1.29, 1.82) is 0 Å². The van der Waals surface area contributed by atoms with Gasteiger partial charge in [-0.2, -0.15) is 4.98 Å². The number of hydrogen-bond acceptors (Lipinski definition) is 5. The van der Waals surface area contributed by atoms with Gasteiger partial charge in [0, 0.05) is 25.2 Å². The molecule has 0 spiro atoms. The molecule has 0 unspecified atom stereocenters. The minimum atomic E-state index is 0.641. The fourth-order valence-electron chi connectivity index (χ4n) is 1.40. The Hall–Kier alpha value is -1.75.